The van der Waals surface area contributed by atoms with Crippen molar-refractivity contribution >= 4 is 56.9 Å². The van der Waals surface area contributed by atoms with E-state index >= 15 is 0 Å². The van der Waals surface area contributed by atoms with Crippen LogP contribution in [0.5, 0.6) is 0 Å². The third kappa shape index (κ3) is 5.03. The molecule has 0 nitrogen and oxygen atoms in total. The highest BCUT2D eigenvalue weighted by Crippen LogP contribution is 2.62. The van der Waals surface area contributed by atoms with E-state index in [2.05, 4.69) is 19.4 Å². The van der Waals surface area contributed by atoms with E-state index in [1.165, 1.54) is 11.4 Å². The highest BCUT2D eigenvalue weighted by molar-refractivity contribution is 8.94. The number of allylic oxidation sites excluding steroid dienone is 1. The number of rotatable bonds is 6. The molecule has 2 rings (SSSR count). The fourth-order valence-corrected chi connectivity index (χ4v) is 12.7. The molecule has 0 aromatic heterocycles. The van der Waals surface area contributed by atoms with Crippen molar-refractivity contribution in [1.82, 2.24) is 0 Å². The lowest BCUT2D eigenvalue weighted by Crippen LogP contribution is -2.38. The van der Waals surface area contributed by atoms with E-state index in [1.807, 2.05) is 6.92 Å². The van der Waals surface area contributed by atoms with Crippen molar-refractivity contribution in [3.05, 3.63) is 41.2 Å². The number of hydrogen-bond donors (Lipinski definition) is 1. The molecule has 1 aliphatic rings. The van der Waals surface area contributed by atoms with Gasteiger partial charge in [0.15, 0.2) is 23.3 Å². The predicted octanol–water partition coefficient (Wildman–Crippen LogP) is 7.11. The molecule has 152 valence electrons. The van der Waals surface area contributed by atoms with Crippen molar-refractivity contribution in [1.29, 1.82) is 0 Å². The zero-order valence-corrected chi connectivity index (χ0v) is 19.1. The molecule has 0 aliphatic heterocycles. The van der Waals surface area contributed by atoms with E-state index in [0.717, 1.165) is 36.2 Å². The molecule has 0 radical (unpaired) electrons. The monoisotopic (exact) mass is 478 g/mol. The second kappa shape index (κ2) is 9.33. The standard InChI is InChI=1S/C17H20F5PS4/c1-8(2)9-5-6-17(3,25-4)10(7-9)26-23(24)27-16-14(21)12(19)11(18)13(20)15(16)22/h9-10,23,25H,1,4-7H2,2-3H3/t9-,10-,17+/m1/s1. The van der Waals surface area contributed by atoms with Crippen molar-refractivity contribution in [3.63, 3.8) is 0 Å². The second-order valence-electron chi connectivity index (χ2n) is 6.69. The van der Waals surface area contributed by atoms with E-state index in [1.54, 1.807) is 0 Å². The minimum Gasteiger partial charge on any atom is -0.202 e. The molecular weight excluding hydrogens is 458 g/mol. The Morgan fingerprint density at radius 3 is 2.15 bits per heavy atom. The summed E-state index contributed by atoms with van der Waals surface area (Å²) in [6.45, 7) is 8.09. The molecule has 0 heterocycles. The number of benzene rings is 1. The van der Waals surface area contributed by atoms with Crippen LogP contribution in [0.2, 0.25) is 0 Å². The average Bonchev–Trinajstić information content (AvgIpc) is 2.63. The molecule has 4 atom stereocenters. The lowest BCUT2D eigenvalue weighted by molar-refractivity contribution is 0.361. The Morgan fingerprint density at radius 1 is 1.15 bits per heavy atom. The first-order chi connectivity index (χ1) is 12.5. The highest BCUT2D eigenvalue weighted by atomic mass is 33.2. The smallest absolute Gasteiger partial charge is 0.200 e. The Morgan fingerprint density at radius 2 is 1.67 bits per heavy atom. The van der Waals surface area contributed by atoms with Gasteiger partial charge in [-0.2, -0.15) is 0 Å². The van der Waals surface area contributed by atoms with Gasteiger partial charge in [-0.25, -0.2) is 33.3 Å². The van der Waals surface area contributed by atoms with Gasteiger partial charge in [-0.15, -0.1) is 11.4 Å². The minimum absolute atomic E-state index is 0.0901. The predicted molar refractivity (Wildman–Crippen MR) is 116 cm³/mol. The lowest BCUT2D eigenvalue weighted by Gasteiger charge is -2.42. The van der Waals surface area contributed by atoms with Gasteiger partial charge in [-0.05, 0) is 32.1 Å². The largest absolute Gasteiger partial charge is 0.202 e. The van der Waals surface area contributed by atoms with Crippen molar-refractivity contribution in [2.75, 3.05) is 0 Å². The summed E-state index contributed by atoms with van der Waals surface area (Å²) in [5, 5.41) is -1.85. The molecule has 0 saturated heterocycles. The summed E-state index contributed by atoms with van der Waals surface area (Å²) < 4.78 is 67.7. The van der Waals surface area contributed by atoms with E-state index in [4.69, 9.17) is 11.8 Å². The van der Waals surface area contributed by atoms with Gasteiger partial charge < -0.3 is 0 Å². The second-order valence-corrected chi connectivity index (χ2v) is 17.3. The third-order valence-electron chi connectivity index (χ3n) is 4.84. The Hall–Kier alpha value is 0.180. The Balaban J connectivity index is 2.24. The maximum Gasteiger partial charge on any atom is 0.200 e. The number of halogens is 5. The van der Waals surface area contributed by atoms with Gasteiger partial charge in [0, 0.05) is 10.00 Å². The van der Waals surface area contributed by atoms with Crippen LogP contribution in [0.3, 0.4) is 0 Å². The van der Waals surface area contributed by atoms with Crippen molar-refractivity contribution < 1.29 is 22.0 Å². The first kappa shape index (κ1) is 23.5. The summed E-state index contributed by atoms with van der Waals surface area (Å²) in [6.07, 6.45) is 2.74. The maximum absolute atomic E-state index is 13.9. The first-order valence-corrected chi connectivity index (χ1v) is 14.9. The molecule has 27 heavy (non-hydrogen) atoms. The number of hydrogen-bond acceptors (Lipinski definition) is 3. The fourth-order valence-electron chi connectivity index (χ4n) is 2.96. The molecule has 1 aliphatic carbocycles. The van der Waals surface area contributed by atoms with Gasteiger partial charge in [0.2, 0.25) is 5.82 Å². The normalized spacial score (nSPS) is 26.8. The summed E-state index contributed by atoms with van der Waals surface area (Å²) in [5.74, 6) is -5.32. The third-order valence-corrected chi connectivity index (χ3v) is 14.0. The lowest BCUT2D eigenvalue weighted by atomic mass is 9.79. The van der Waals surface area contributed by atoms with Crippen LogP contribution in [0.1, 0.15) is 33.1 Å². The van der Waals surface area contributed by atoms with Gasteiger partial charge in [-0.1, -0.05) is 48.1 Å². The van der Waals surface area contributed by atoms with Crippen LogP contribution < -0.4 is 0 Å². The zero-order valence-electron chi connectivity index (χ0n) is 14.8. The van der Waals surface area contributed by atoms with Crippen LogP contribution in [0.25, 0.3) is 0 Å². The molecule has 0 spiro atoms. The highest BCUT2D eigenvalue weighted by Gasteiger charge is 2.39. The molecule has 0 bridgehead atoms. The van der Waals surface area contributed by atoms with Crippen molar-refractivity contribution in [2.24, 2.45) is 5.92 Å². The van der Waals surface area contributed by atoms with Crippen molar-refractivity contribution in [3.8, 4) is 0 Å². The van der Waals surface area contributed by atoms with E-state index < -0.39 is 39.1 Å². The zero-order chi connectivity index (χ0) is 20.5. The van der Waals surface area contributed by atoms with Crippen LogP contribution in [0, 0.1) is 35.0 Å². The van der Waals surface area contributed by atoms with Gasteiger partial charge in [0.1, 0.15) is 0 Å². The van der Waals surface area contributed by atoms with Crippen molar-refractivity contribution in [2.45, 2.75) is 48.0 Å². The van der Waals surface area contributed by atoms with E-state index in [0.29, 0.717) is 17.3 Å². The molecule has 1 aromatic carbocycles. The van der Waals surface area contributed by atoms with E-state index in [9.17, 15) is 22.0 Å². The molecule has 0 N–H and O–H groups in total. The Kier molecular flexibility index (Phi) is 8.11. The summed E-state index contributed by atoms with van der Waals surface area (Å²) in [6, 6.07) is 0. The molecule has 1 aromatic rings. The first-order valence-electron chi connectivity index (χ1n) is 8.05. The van der Waals surface area contributed by atoms with Gasteiger partial charge in [-0.3, -0.25) is 0 Å². The Bertz CT molecular complexity index is 771. The van der Waals surface area contributed by atoms with E-state index in [-0.39, 0.29) is 10.00 Å². The minimum atomic E-state index is -2.15. The SMILES string of the molecule is C=[SH][C@@]1(C)CC[C@@H](C(=C)C)C[C@H]1S[PH](=S)Sc1c(F)c(F)c(F)c(F)c1F. The number of thiol groups is 1. The summed E-state index contributed by atoms with van der Waals surface area (Å²) in [7, 11) is 0. The Labute approximate surface area is 173 Å². The average molecular weight is 479 g/mol. The molecule has 1 unspecified atom stereocenters. The molecular formula is C17H20F5PS4. The molecule has 0 amide bonds. The van der Waals surface area contributed by atoms with Gasteiger partial charge in [0.25, 0.3) is 0 Å². The quantitative estimate of drug-likeness (QED) is 0.0880. The van der Waals surface area contributed by atoms with Gasteiger partial charge >= 0.3 is 0 Å². The summed E-state index contributed by atoms with van der Waals surface area (Å²) >= 11 is 8.36. The van der Waals surface area contributed by atoms with Gasteiger partial charge in [0.05, 0.1) is 10.00 Å². The van der Waals surface area contributed by atoms with Crippen LogP contribution in [-0.4, -0.2) is 15.9 Å². The van der Waals surface area contributed by atoms with Crippen LogP contribution in [0.15, 0.2) is 17.0 Å². The fraction of sp³-hybridized carbons (Fsp3) is 0.471. The molecule has 10 heteroatoms. The topological polar surface area (TPSA) is 0 Å². The maximum atomic E-state index is 13.9. The summed E-state index contributed by atoms with van der Waals surface area (Å²) in [4.78, 5) is -0.885. The molecule has 1 fully saturated rings. The molecule has 1 saturated carbocycles. The summed E-state index contributed by atoms with van der Waals surface area (Å²) in [5.41, 5.74) is 1.08. The van der Waals surface area contributed by atoms with Crippen LogP contribution in [-0.2, 0) is 11.8 Å². The van der Waals surface area contributed by atoms with Crippen LogP contribution >= 0.6 is 39.2 Å². The van der Waals surface area contributed by atoms with Crippen LogP contribution in [0.4, 0.5) is 22.0 Å².